The molecule has 1 fully saturated rings. The molecule has 2 aromatic rings. The second kappa shape index (κ2) is 6.36. The number of hydrogen-bond acceptors (Lipinski definition) is 5. The summed E-state index contributed by atoms with van der Waals surface area (Å²) in [6, 6.07) is 6.55. The number of benzene rings is 1. The fourth-order valence-electron chi connectivity index (χ4n) is 1.93. The normalized spacial score (nSPS) is 15.0. The summed E-state index contributed by atoms with van der Waals surface area (Å²) in [6.07, 6.45) is 1.61. The molecular formula is C13H13ClN4O2S. The fraction of sp³-hybridized carbons (Fsp3) is 0.308. The molecule has 1 aliphatic heterocycles. The molecule has 0 bridgehead atoms. The molecule has 0 atom stereocenters. The average molecular weight is 325 g/mol. The molecule has 1 aromatic carbocycles. The van der Waals surface area contributed by atoms with Crippen LogP contribution in [0.25, 0.3) is 5.32 Å². The number of halogens is 1. The summed E-state index contributed by atoms with van der Waals surface area (Å²) in [5.41, 5.74) is 0.455. The molecule has 3 rings (SSSR count). The van der Waals surface area contributed by atoms with E-state index in [0.29, 0.717) is 10.6 Å². The smallest absolute Gasteiger partial charge is 0.257 e. The van der Waals surface area contributed by atoms with Gasteiger partial charge in [-0.2, -0.15) is 16.8 Å². The van der Waals surface area contributed by atoms with Crippen LogP contribution in [-0.2, 0) is 0 Å². The van der Waals surface area contributed by atoms with Crippen molar-refractivity contribution in [2.24, 2.45) is 0 Å². The van der Waals surface area contributed by atoms with Crippen LogP contribution < -0.4 is 9.80 Å². The van der Waals surface area contributed by atoms with Gasteiger partial charge in [0.2, 0.25) is 5.27 Å². The van der Waals surface area contributed by atoms with Gasteiger partial charge in [-0.05, 0) is 17.7 Å². The van der Waals surface area contributed by atoms with Crippen LogP contribution in [-0.4, -0.2) is 35.8 Å². The van der Waals surface area contributed by atoms with E-state index >= 15 is 0 Å². The number of amides is 1. The van der Waals surface area contributed by atoms with Gasteiger partial charge in [-0.15, -0.1) is 0 Å². The molecule has 8 heteroatoms. The molecule has 0 saturated carbocycles. The van der Waals surface area contributed by atoms with Crippen molar-refractivity contribution in [3.05, 3.63) is 46.4 Å². The average Bonchev–Trinajstić information content (AvgIpc) is 2.97. The number of rotatable bonds is 3. The predicted molar refractivity (Wildman–Crippen MR) is 80.8 cm³/mol. The standard InChI is InChI=1S/C13H13ClN4O2S/c14-11-3-1-10(2-4-11)13(19)15-12-9-18(16-20-12)17-5-7-21-8-6-17/h1-4,9H,5-8H2. The zero-order chi connectivity index (χ0) is 14.7. The van der Waals surface area contributed by atoms with Crippen molar-refractivity contribution in [3.63, 3.8) is 0 Å². The third kappa shape index (κ3) is 3.48. The zero-order valence-electron chi connectivity index (χ0n) is 11.1. The number of carbonyl (C=O) groups excluding carboxylic acids is 1. The van der Waals surface area contributed by atoms with Gasteiger partial charge in [0.25, 0.3) is 6.20 Å². The van der Waals surface area contributed by atoms with Crippen molar-refractivity contribution in [2.75, 3.05) is 29.6 Å². The Morgan fingerprint density at radius 3 is 2.76 bits per heavy atom. The van der Waals surface area contributed by atoms with E-state index in [1.807, 2.05) is 16.8 Å². The minimum absolute atomic E-state index is 0.188. The Bertz CT molecular complexity index is 625. The first-order valence-electron chi connectivity index (χ1n) is 6.46. The largest absolute Gasteiger partial charge is 0.584 e. The molecule has 1 saturated heterocycles. The van der Waals surface area contributed by atoms with Crippen molar-refractivity contribution >= 4 is 35.2 Å². The Morgan fingerprint density at radius 1 is 1.33 bits per heavy atom. The Balaban J connectivity index is 1.66. The van der Waals surface area contributed by atoms with Crippen molar-refractivity contribution in [2.45, 2.75) is 0 Å². The fourth-order valence-corrected chi connectivity index (χ4v) is 2.94. The van der Waals surface area contributed by atoms with Crippen molar-refractivity contribution in [1.82, 2.24) is 5.27 Å². The van der Waals surface area contributed by atoms with Crippen molar-refractivity contribution in [1.29, 1.82) is 0 Å². The molecule has 1 amide bonds. The third-order valence-electron chi connectivity index (χ3n) is 3.02. The molecule has 1 aromatic heterocycles. The Kier molecular flexibility index (Phi) is 4.31. The van der Waals surface area contributed by atoms with Gasteiger partial charge in [0.05, 0.1) is 23.8 Å². The van der Waals surface area contributed by atoms with Crippen LogP contribution in [0.1, 0.15) is 10.4 Å². The molecule has 2 heterocycles. The van der Waals surface area contributed by atoms with Gasteiger partial charge in [0.15, 0.2) is 0 Å². The van der Waals surface area contributed by atoms with Crippen LogP contribution in [0.2, 0.25) is 5.02 Å². The Morgan fingerprint density at radius 2 is 2.05 bits per heavy atom. The highest BCUT2D eigenvalue weighted by atomic mass is 35.5. The van der Waals surface area contributed by atoms with Gasteiger partial charge in [-0.3, -0.25) is 0 Å². The molecule has 6 nitrogen and oxygen atoms in total. The van der Waals surface area contributed by atoms with E-state index in [1.165, 1.54) is 0 Å². The number of carbonyl (C=O) groups is 1. The van der Waals surface area contributed by atoms with E-state index in [9.17, 15) is 4.79 Å². The topological polar surface area (TPSA) is 64.3 Å². The lowest BCUT2D eigenvalue weighted by Crippen LogP contribution is -2.61. The summed E-state index contributed by atoms with van der Waals surface area (Å²) >= 11 is 7.69. The second-order valence-electron chi connectivity index (χ2n) is 4.45. The highest BCUT2D eigenvalue weighted by Gasteiger charge is 2.20. The molecule has 0 spiro atoms. The second-order valence-corrected chi connectivity index (χ2v) is 6.11. The minimum atomic E-state index is -0.385. The summed E-state index contributed by atoms with van der Waals surface area (Å²) < 4.78 is 5.08. The van der Waals surface area contributed by atoms with Crippen LogP contribution >= 0.6 is 23.4 Å². The van der Waals surface area contributed by atoms with Crippen LogP contribution in [0.15, 0.2) is 35.0 Å². The molecule has 0 N–H and O–H groups in total. The van der Waals surface area contributed by atoms with E-state index < -0.39 is 0 Å². The van der Waals surface area contributed by atoms with Crippen LogP contribution in [0.3, 0.4) is 0 Å². The molecule has 0 radical (unpaired) electrons. The van der Waals surface area contributed by atoms with Gasteiger partial charge < -0.3 is 14.6 Å². The first-order valence-corrected chi connectivity index (χ1v) is 7.99. The Hall–Kier alpha value is -1.73. The van der Waals surface area contributed by atoms with E-state index in [1.54, 1.807) is 35.3 Å². The minimum Gasteiger partial charge on any atom is -0.584 e. The van der Waals surface area contributed by atoms with Gasteiger partial charge in [-0.1, -0.05) is 23.7 Å². The Labute approximate surface area is 131 Å². The maximum Gasteiger partial charge on any atom is 0.257 e. The number of thioether (sulfide) groups is 1. The summed E-state index contributed by atoms with van der Waals surface area (Å²) in [5, 5.41) is 10.4. The van der Waals surface area contributed by atoms with E-state index in [4.69, 9.17) is 16.1 Å². The molecule has 21 heavy (non-hydrogen) atoms. The zero-order valence-corrected chi connectivity index (χ0v) is 12.7. The summed E-state index contributed by atoms with van der Waals surface area (Å²) in [6.45, 7) is 1.79. The monoisotopic (exact) mass is 324 g/mol. The van der Waals surface area contributed by atoms with Gasteiger partial charge >= 0.3 is 0 Å². The quantitative estimate of drug-likeness (QED) is 0.809. The summed E-state index contributed by atoms with van der Waals surface area (Å²) in [7, 11) is 0. The molecule has 0 aliphatic carbocycles. The SMILES string of the molecule is O=C([N-]c1c[n+](N2CCSCC2)no1)c1ccc(Cl)cc1. The van der Waals surface area contributed by atoms with Crippen LogP contribution in [0, 0.1) is 0 Å². The first kappa shape index (κ1) is 14.2. The van der Waals surface area contributed by atoms with E-state index in [0.717, 1.165) is 24.6 Å². The molecular weight excluding hydrogens is 312 g/mol. The van der Waals surface area contributed by atoms with Crippen LogP contribution in [0.5, 0.6) is 0 Å². The van der Waals surface area contributed by atoms with E-state index in [2.05, 4.69) is 10.6 Å². The van der Waals surface area contributed by atoms with Gasteiger partial charge in [-0.25, -0.2) is 0 Å². The third-order valence-corrected chi connectivity index (χ3v) is 4.22. The van der Waals surface area contributed by atoms with Gasteiger partial charge in [0.1, 0.15) is 5.88 Å². The summed E-state index contributed by atoms with van der Waals surface area (Å²) in [4.78, 5) is 13.6. The molecule has 1 aliphatic rings. The lowest BCUT2D eigenvalue weighted by Gasteiger charge is -2.18. The molecule has 110 valence electrons. The summed E-state index contributed by atoms with van der Waals surface area (Å²) in [5.74, 6) is 1.91. The highest BCUT2D eigenvalue weighted by molar-refractivity contribution is 7.99. The number of nitrogens with zero attached hydrogens (tertiary/aromatic N) is 4. The first-order chi connectivity index (χ1) is 10.2. The highest BCUT2D eigenvalue weighted by Crippen LogP contribution is 2.19. The lowest BCUT2D eigenvalue weighted by atomic mass is 10.2. The van der Waals surface area contributed by atoms with Gasteiger partial charge in [0, 0.05) is 16.5 Å². The predicted octanol–water partition coefficient (Wildman–Crippen LogP) is 2.15. The lowest BCUT2D eigenvalue weighted by molar-refractivity contribution is -0.757. The maximum absolute atomic E-state index is 12.0. The number of hydrogen-bond donors (Lipinski definition) is 0. The van der Waals surface area contributed by atoms with Crippen LogP contribution in [0.4, 0.5) is 5.88 Å². The maximum atomic E-state index is 12.0. The number of aromatic nitrogens is 2. The van der Waals surface area contributed by atoms with E-state index in [-0.39, 0.29) is 11.8 Å². The molecule has 0 unspecified atom stereocenters. The van der Waals surface area contributed by atoms with Crippen molar-refractivity contribution < 1.29 is 14.1 Å². The van der Waals surface area contributed by atoms with Crippen molar-refractivity contribution in [3.8, 4) is 0 Å².